The lowest BCUT2D eigenvalue weighted by atomic mass is 9.44. The second kappa shape index (κ2) is 4.84. The minimum absolute atomic E-state index is 0.119. The molecule has 0 aromatic heterocycles. The van der Waals surface area contributed by atoms with Crippen LogP contribution in [0.15, 0.2) is 0 Å². The van der Waals surface area contributed by atoms with Crippen molar-refractivity contribution in [3.05, 3.63) is 0 Å². The topological polar surface area (TPSA) is 37.3 Å². The summed E-state index contributed by atoms with van der Waals surface area (Å²) in [5, 5.41) is 11.0. The van der Waals surface area contributed by atoms with Crippen LogP contribution in [-0.4, -0.2) is 16.5 Å². The highest BCUT2D eigenvalue weighted by Crippen LogP contribution is 2.68. The lowest BCUT2D eigenvalue weighted by Gasteiger charge is -2.61. The molecule has 0 saturated heterocycles. The first-order valence-electron chi connectivity index (χ1n) is 9.94. The number of hydrogen-bond donors (Lipinski definition) is 1. The second-order valence-electron chi connectivity index (χ2n) is 10.2. The van der Waals surface area contributed by atoms with Gasteiger partial charge in [0.25, 0.3) is 0 Å². The van der Waals surface area contributed by atoms with E-state index in [0.717, 1.165) is 31.1 Å². The highest BCUT2D eigenvalue weighted by atomic mass is 16.3. The molecule has 1 unspecified atom stereocenters. The number of Topliss-reactive ketones (excluding diaryl/α,β-unsaturated/α-hetero) is 1. The zero-order valence-electron chi connectivity index (χ0n) is 15.4. The van der Waals surface area contributed by atoms with Crippen molar-refractivity contribution in [2.24, 2.45) is 40.4 Å². The third-order valence-electron chi connectivity index (χ3n) is 9.37. The van der Waals surface area contributed by atoms with E-state index in [1.807, 2.05) is 0 Å². The van der Waals surface area contributed by atoms with Crippen molar-refractivity contribution in [1.82, 2.24) is 0 Å². The van der Waals surface area contributed by atoms with Gasteiger partial charge in [0, 0.05) is 12.3 Å². The highest BCUT2D eigenvalue weighted by molar-refractivity contribution is 5.82. The van der Waals surface area contributed by atoms with E-state index in [1.165, 1.54) is 32.1 Å². The van der Waals surface area contributed by atoms with Crippen molar-refractivity contribution in [3.63, 3.8) is 0 Å². The number of fused-ring (bicyclic) bond motifs is 5. The van der Waals surface area contributed by atoms with Crippen molar-refractivity contribution in [2.45, 2.75) is 84.7 Å². The lowest BCUT2D eigenvalue weighted by molar-refractivity contribution is -0.158. The van der Waals surface area contributed by atoms with Crippen LogP contribution in [0.1, 0.15) is 79.1 Å². The summed E-state index contributed by atoms with van der Waals surface area (Å²) in [6, 6.07) is 0. The molecule has 2 nitrogen and oxygen atoms in total. The molecular weight excluding hydrogens is 284 g/mol. The van der Waals surface area contributed by atoms with E-state index in [0.29, 0.717) is 23.0 Å². The number of carbonyl (C=O) groups is 1. The van der Waals surface area contributed by atoms with Gasteiger partial charge in [0.2, 0.25) is 0 Å². The van der Waals surface area contributed by atoms with Crippen LogP contribution in [0.5, 0.6) is 0 Å². The molecule has 4 aliphatic carbocycles. The molecule has 4 aliphatic rings. The predicted molar refractivity (Wildman–Crippen MR) is 91.9 cm³/mol. The van der Waals surface area contributed by atoms with E-state index < -0.39 is 5.60 Å². The molecule has 4 saturated carbocycles. The first-order valence-corrected chi connectivity index (χ1v) is 9.94. The summed E-state index contributed by atoms with van der Waals surface area (Å²) >= 11 is 0. The standard InChI is InChI=1S/C21H34O2/c1-13-12-19(2)14(11-18(13)22)5-6-15-16(19)7-9-20(3)17(15)8-10-21(20,4)23/h13-17,23H,5-12H2,1-4H3/t13-,14?,15-,16+,17+,19+,20+,21+/m1/s1. The third kappa shape index (κ3) is 2.00. The van der Waals surface area contributed by atoms with Crippen LogP contribution < -0.4 is 0 Å². The van der Waals surface area contributed by atoms with Crippen molar-refractivity contribution in [1.29, 1.82) is 0 Å². The van der Waals surface area contributed by atoms with Crippen LogP contribution >= 0.6 is 0 Å². The van der Waals surface area contributed by atoms with Gasteiger partial charge in [0.05, 0.1) is 5.60 Å². The summed E-state index contributed by atoms with van der Waals surface area (Å²) in [5.74, 6) is 3.65. The largest absolute Gasteiger partial charge is 0.390 e. The van der Waals surface area contributed by atoms with Gasteiger partial charge >= 0.3 is 0 Å². The fourth-order valence-electron chi connectivity index (χ4n) is 7.65. The van der Waals surface area contributed by atoms with Crippen LogP contribution in [0, 0.1) is 40.4 Å². The van der Waals surface area contributed by atoms with Gasteiger partial charge in [-0.15, -0.1) is 0 Å². The molecule has 0 heterocycles. The first kappa shape index (κ1) is 16.1. The Hall–Kier alpha value is -0.370. The fraction of sp³-hybridized carbons (Fsp3) is 0.952. The molecule has 2 heteroatoms. The summed E-state index contributed by atoms with van der Waals surface area (Å²) in [5.41, 5.74) is 0.00962. The van der Waals surface area contributed by atoms with Crippen LogP contribution in [0.4, 0.5) is 0 Å². The molecule has 0 spiro atoms. The molecule has 0 bridgehead atoms. The van der Waals surface area contributed by atoms with Crippen LogP contribution in [0.3, 0.4) is 0 Å². The number of hydrogen-bond acceptors (Lipinski definition) is 2. The van der Waals surface area contributed by atoms with E-state index in [-0.39, 0.29) is 11.3 Å². The maximum atomic E-state index is 12.2. The van der Waals surface area contributed by atoms with E-state index in [2.05, 4.69) is 27.7 Å². The summed E-state index contributed by atoms with van der Waals surface area (Å²) < 4.78 is 0. The van der Waals surface area contributed by atoms with E-state index >= 15 is 0 Å². The number of ketones is 1. The lowest BCUT2D eigenvalue weighted by Crippen LogP contribution is -2.56. The maximum absolute atomic E-state index is 12.2. The molecule has 1 N–H and O–H groups in total. The number of rotatable bonds is 0. The third-order valence-corrected chi connectivity index (χ3v) is 9.37. The second-order valence-corrected chi connectivity index (χ2v) is 10.2. The molecule has 0 amide bonds. The predicted octanol–water partition coefficient (Wildman–Crippen LogP) is 4.60. The Morgan fingerprint density at radius 3 is 2.43 bits per heavy atom. The van der Waals surface area contributed by atoms with Gasteiger partial charge in [-0.25, -0.2) is 0 Å². The van der Waals surface area contributed by atoms with Gasteiger partial charge in [-0.3, -0.25) is 4.79 Å². The van der Waals surface area contributed by atoms with Crippen molar-refractivity contribution in [2.75, 3.05) is 0 Å². The molecule has 0 aromatic carbocycles. The average Bonchev–Trinajstić information content (AvgIpc) is 2.71. The normalized spacial score (nSPS) is 59.2. The molecule has 0 aliphatic heterocycles. The number of carbonyl (C=O) groups excluding carboxylic acids is 1. The molecule has 23 heavy (non-hydrogen) atoms. The Morgan fingerprint density at radius 1 is 1.00 bits per heavy atom. The monoisotopic (exact) mass is 318 g/mol. The van der Waals surface area contributed by atoms with Crippen molar-refractivity contribution in [3.8, 4) is 0 Å². The fourth-order valence-corrected chi connectivity index (χ4v) is 7.65. The quantitative estimate of drug-likeness (QED) is 0.709. The van der Waals surface area contributed by atoms with E-state index in [1.54, 1.807) is 0 Å². The SMILES string of the molecule is C[C@@H]1C[C@@]2(C)C(CC[C@@H]3[C@@H]2CC[C@@]2(C)[C@H]3CC[C@]2(C)O)CC1=O. The molecular formula is C21H34O2. The summed E-state index contributed by atoms with van der Waals surface area (Å²) in [6.45, 7) is 9.11. The molecule has 4 rings (SSSR count). The van der Waals surface area contributed by atoms with Gasteiger partial charge in [-0.1, -0.05) is 20.8 Å². The van der Waals surface area contributed by atoms with Crippen LogP contribution in [0.2, 0.25) is 0 Å². The van der Waals surface area contributed by atoms with Gasteiger partial charge in [0.1, 0.15) is 5.78 Å². The summed E-state index contributed by atoms with van der Waals surface area (Å²) in [4.78, 5) is 12.2. The van der Waals surface area contributed by atoms with Crippen LogP contribution in [0.25, 0.3) is 0 Å². The minimum atomic E-state index is -0.476. The zero-order chi connectivity index (χ0) is 16.6. The molecule has 0 radical (unpaired) electrons. The zero-order valence-corrected chi connectivity index (χ0v) is 15.4. The maximum Gasteiger partial charge on any atom is 0.136 e. The van der Waals surface area contributed by atoms with Gasteiger partial charge < -0.3 is 5.11 Å². The summed E-state index contributed by atoms with van der Waals surface area (Å²) in [7, 11) is 0. The van der Waals surface area contributed by atoms with Gasteiger partial charge in [-0.05, 0) is 86.4 Å². The minimum Gasteiger partial charge on any atom is -0.390 e. The Balaban J connectivity index is 1.66. The Kier molecular flexibility index (Phi) is 3.39. The smallest absolute Gasteiger partial charge is 0.136 e. The molecule has 0 aromatic rings. The Labute approximate surface area is 141 Å². The Bertz CT molecular complexity index is 524. The van der Waals surface area contributed by atoms with Crippen molar-refractivity contribution >= 4 is 5.78 Å². The Morgan fingerprint density at radius 2 is 1.70 bits per heavy atom. The molecule has 130 valence electrons. The molecule has 4 fully saturated rings. The van der Waals surface area contributed by atoms with Gasteiger partial charge in [0.15, 0.2) is 0 Å². The van der Waals surface area contributed by atoms with Crippen LogP contribution in [-0.2, 0) is 4.79 Å². The van der Waals surface area contributed by atoms with E-state index in [9.17, 15) is 9.90 Å². The molecule has 8 atom stereocenters. The van der Waals surface area contributed by atoms with Crippen molar-refractivity contribution < 1.29 is 9.90 Å². The number of aliphatic hydroxyl groups is 1. The highest BCUT2D eigenvalue weighted by Gasteiger charge is 2.63. The summed E-state index contributed by atoms with van der Waals surface area (Å²) in [6.07, 6.45) is 9.11. The average molecular weight is 319 g/mol. The van der Waals surface area contributed by atoms with Gasteiger partial charge in [-0.2, -0.15) is 0 Å². The van der Waals surface area contributed by atoms with E-state index in [4.69, 9.17) is 0 Å². The first-order chi connectivity index (χ1) is 10.7.